The number of nitro groups is 1. The highest BCUT2D eigenvalue weighted by atomic mass is 32.2. The summed E-state index contributed by atoms with van der Waals surface area (Å²) in [4.78, 5) is 34.0. The van der Waals surface area contributed by atoms with Gasteiger partial charge in [0, 0.05) is 16.3 Å². The predicted molar refractivity (Wildman–Crippen MR) is 113 cm³/mol. The van der Waals surface area contributed by atoms with Crippen molar-refractivity contribution in [2.75, 3.05) is 18.2 Å². The first-order chi connectivity index (χ1) is 14.1. The van der Waals surface area contributed by atoms with E-state index in [9.17, 15) is 14.9 Å². The standard InChI is InChI=1S/C19H18N4O4S2/c1-27-14-8-11(23(25)26)6-7-13(14)22-16(24)9-28-18-17-12-4-2-3-5-15(12)29-19(17)21-10-20-18/h6-8,10H,2-5,9H2,1H3,(H,22,24). The molecular weight excluding hydrogens is 412 g/mol. The lowest BCUT2D eigenvalue weighted by molar-refractivity contribution is -0.384. The maximum Gasteiger partial charge on any atom is 0.273 e. The molecule has 0 saturated heterocycles. The van der Waals surface area contributed by atoms with Gasteiger partial charge in [0.25, 0.3) is 5.69 Å². The summed E-state index contributed by atoms with van der Waals surface area (Å²) in [5.74, 6) is 0.170. The Hall–Kier alpha value is -2.72. The normalized spacial score (nSPS) is 13.1. The van der Waals surface area contributed by atoms with Crippen molar-refractivity contribution >= 4 is 50.6 Å². The zero-order valence-corrected chi connectivity index (χ0v) is 17.3. The molecule has 1 N–H and O–H groups in total. The number of thioether (sulfide) groups is 1. The van der Waals surface area contributed by atoms with E-state index in [0.29, 0.717) is 5.69 Å². The Labute approximate surface area is 174 Å². The third-order valence-electron chi connectivity index (χ3n) is 4.73. The van der Waals surface area contributed by atoms with Crippen molar-refractivity contribution in [2.24, 2.45) is 0 Å². The molecule has 10 heteroatoms. The van der Waals surface area contributed by atoms with E-state index in [-0.39, 0.29) is 23.1 Å². The van der Waals surface area contributed by atoms with E-state index in [0.717, 1.165) is 34.5 Å². The van der Waals surface area contributed by atoms with Crippen LogP contribution < -0.4 is 10.1 Å². The van der Waals surface area contributed by atoms with Gasteiger partial charge in [-0.2, -0.15) is 0 Å². The SMILES string of the molecule is COc1cc([N+](=O)[O-])ccc1NC(=O)CSc1ncnc2sc3c(c12)CCCC3. The quantitative estimate of drug-likeness (QED) is 0.270. The maximum absolute atomic E-state index is 12.5. The molecule has 0 spiro atoms. The molecule has 0 saturated carbocycles. The van der Waals surface area contributed by atoms with Gasteiger partial charge in [-0.05, 0) is 37.3 Å². The zero-order valence-electron chi connectivity index (χ0n) is 15.6. The van der Waals surface area contributed by atoms with Gasteiger partial charge in [0.15, 0.2) is 0 Å². The molecule has 1 aromatic carbocycles. The van der Waals surface area contributed by atoms with Gasteiger partial charge < -0.3 is 10.1 Å². The number of carbonyl (C=O) groups excluding carboxylic acids is 1. The van der Waals surface area contributed by atoms with Crippen LogP contribution in [0.25, 0.3) is 10.2 Å². The molecule has 1 amide bonds. The van der Waals surface area contributed by atoms with Crippen molar-refractivity contribution in [3.05, 3.63) is 45.1 Å². The lowest BCUT2D eigenvalue weighted by Crippen LogP contribution is -2.15. The van der Waals surface area contributed by atoms with Gasteiger partial charge in [-0.25, -0.2) is 9.97 Å². The Morgan fingerprint density at radius 2 is 2.17 bits per heavy atom. The number of rotatable bonds is 6. The second-order valence-electron chi connectivity index (χ2n) is 6.55. The fraction of sp³-hybridized carbons (Fsp3) is 0.316. The Kier molecular flexibility index (Phi) is 5.63. The molecule has 1 aliphatic carbocycles. The Balaban J connectivity index is 1.49. The summed E-state index contributed by atoms with van der Waals surface area (Å²) in [5, 5.41) is 15.6. The minimum atomic E-state index is -0.508. The number of ether oxygens (including phenoxy) is 1. The number of fused-ring (bicyclic) bond motifs is 3. The number of carbonyl (C=O) groups is 1. The van der Waals surface area contributed by atoms with Crippen LogP contribution in [0.15, 0.2) is 29.6 Å². The minimum Gasteiger partial charge on any atom is -0.494 e. The van der Waals surface area contributed by atoms with Crippen molar-refractivity contribution in [2.45, 2.75) is 30.7 Å². The van der Waals surface area contributed by atoms with E-state index >= 15 is 0 Å². The Bertz CT molecular complexity index is 1100. The first-order valence-corrected chi connectivity index (χ1v) is 10.9. The van der Waals surface area contributed by atoms with Crippen LogP contribution in [0.5, 0.6) is 5.75 Å². The van der Waals surface area contributed by atoms with Crippen LogP contribution in [0.1, 0.15) is 23.3 Å². The van der Waals surface area contributed by atoms with E-state index < -0.39 is 4.92 Å². The van der Waals surface area contributed by atoms with Gasteiger partial charge in [0.2, 0.25) is 5.91 Å². The molecule has 0 bridgehead atoms. The number of hydrogen-bond donors (Lipinski definition) is 1. The molecule has 0 fully saturated rings. The highest BCUT2D eigenvalue weighted by molar-refractivity contribution is 8.00. The molecule has 150 valence electrons. The lowest BCUT2D eigenvalue weighted by Gasteiger charge is -2.12. The smallest absolute Gasteiger partial charge is 0.273 e. The maximum atomic E-state index is 12.5. The van der Waals surface area contributed by atoms with Crippen LogP contribution in [0.4, 0.5) is 11.4 Å². The van der Waals surface area contributed by atoms with E-state index in [4.69, 9.17) is 4.74 Å². The van der Waals surface area contributed by atoms with Crippen LogP contribution in [0.2, 0.25) is 0 Å². The largest absolute Gasteiger partial charge is 0.494 e. The van der Waals surface area contributed by atoms with Gasteiger partial charge in [0.1, 0.15) is 21.9 Å². The zero-order chi connectivity index (χ0) is 20.4. The number of thiophene rings is 1. The Morgan fingerprint density at radius 3 is 2.97 bits per heavy atom. The first-order valence-electron chi connectivity index (χ1n) is 9.07. The number of anilines is 1. The summed E-state index contributed by atoms with van der Waals surface area (Å²) in [6.45, 7) is 0. The van der Waals surface area contributed by atoms with E-state index in [1.54, 1.807) is 17.7 Å². The molecular formula is C19H18N4O4S2. The van der Waals surface area contributed by atoms with Gasteiger partial charge in [-0.15, -0.1) is 11.3 Å². The van der Waals surface area contributed by atoms with Crippen LogP contribution in [-0.2, 0) is 17.6 Å². The second kappa shape index (κ2) is 8.34. The van der Waals surface area contributed by atoms with Crippen LogP contribution in [0.3, 0.4) is 0 Å². The number of non-ortho nitro benzene ring substituents is 1. The molecule has 0 radical (unpaired) electrons. The predicted octanol–water partition coefficient (Wildman–Crippen LogP) is 4.22. The first kappa shape index (κ1) is 19.6. The molecule has 0 aliphatic heterocycles. The third kappa shape index (κ3) is 4.03. The molecule has 4 rings (SSSR count). The summed E-state index contributed by atoms with van der Waals surface area (Å²) in [6, 6.07) is 4.09. The average Bonchev–Trinajstić information content (AvgIpc) is 3.11. The minimum absolute atomic E-state index is 0.0974. The van der Waals surface area contributed by atoms with E-state index in [1.807, 2.05) is 0 Å². The molecule has 0 atom stereocenters. The van der Waals surface area contributed by atoms with Gasteiger partial charge in [-0.3, -0.25) is 14.9 Å². The molecule has 0 unspecified atom stereocenters. The highest BCUT2D eigenvalue weighted by Gasteiger charge is 2.21. The molecule has 29 heavy (non-hydrogen) atoms. The molecule has 1 aliphatic rings. The number of amides is 1. The summed E-state index contributed by atoms with van der Waals surface area (Å²) >= 11 is 3.09. The van der Waals surface area contributed by atoms with Crippen molar-refractivity contribution in [3.63, 3.8) is 0 Å². The topological polar surface area (TPSA) is 107 Å². The van der Waals surface area contributed by atoms with Crippen LogP contribution in [0, 0.1) is 10.1 Å². The summed E-state index contributed by atoms with van der Waals surface area (Å²) < 4.78 is 5.16. The number of aryl methyl sites for hydroxylation is 2. The molecule has 8 nitrogen and oxygen atoms in total. The van der Waals surface area contributed by atoms with E-state index in [1.165, 1.54) is 53.9 Å². The average molecular weight is 431 g/mol. The van der Waals surface area contributed by atoms with Crippen molar-refractivity contribution in [1.29, 1.82) is 0 Å². The second-order valence-corrected chi connectivity index (χ2v) is 8.60. The third-order valence-corrected chi connectivity index (χ3v) is 6.92. The highest BCUT2D eigenvalue weighted by Crippen LogP contribution is 2.39. The summed E-state index contributed by atoms with van der Waals surface area (Å²) in [7, 11) is 1.40. The number of aromatic nitrogens is 2. The number of benzene rings is 1. The van der Waals surface area contributed by atoms with Crippen LogP contribution in [-0.4, -0.2) is 33.7 Å². The number of nitrogens with zero attached hydrogens (tertiary/aromatic N) is 3. The number of hydrogen-bond acceptors (Lipinski definition) is 8. The summed E-state index contributed by atoms with van der Waals surface area (Å²) in [5.41, 5.74) is 1.63. The molecule has 2 aromatic heterocycles. The fourth-order valence-electron chi connectivity index (χ4n) is 3.39. The lowest BCUT2D eigenvalue weighted by atomic mass is 9.97. The van der Waals surface area contributed by atoms with Gasteiger partial charge in [0.05, 0.1) is 29.5 Å². The Morgan fingerprint density at radius 1 is 1.34 bits per heavy atom. The monoisotopic (exact) mass is 430 g/mol. The van der Waals surface area contributed by atoms with Crippen molar-refractivity contribution in [3.8, 4) is 5.75 Å². The number of nitrogens with one attached hydrogen (secondary N) is 1. The van der Waals surface area contributed by atoms with Gasteiger partial charge in [-0.1, -0.05) is 11.8 Å². The molecule has 3 aromatic rings. The summed E-state index contributed by atoms with van der Waals surface area (Å²) in [6.07, 6.45) is 6.03. The number of methoxy groups -OCH3 is 1. The number of nitro benzene ring substituents is 1. The molecule has 2 heterocycles. The fourth-order valence-corrected chi connectivity index (χ4v) is 5.51. The van der Waals surface area contributed by atoms with E-state index in [2.05, 4.69) is 15.3 Å². The van der Waals surface area contributed by atoms with Crippen molar-refractivity contribution in [1.82, 2.24) is 9.97 Å². The van der Waals surface area contributed by atoms with Gasteiger partial charge >= 0.3 is 0 Å². The van der Waals surface area contributed by atoms with Crippen molar-refractivity contribution < 1.29 is 14.5 Å². The van der Waals surface area contributed by atoms with Crippen LogP contribution >= 0.6 is 23.1 Å².